The molecule has 0 aliphatic rings. The van der Waals surface area contributed by atoms with Gasteiger partial charge in [-0.25, -0.2) is 0 Å². The Morgan fingerprint density at radius 3 is 1.22 bits per heavy atom. The van der Waals surface area contributed by atoms with Crippen molar-refractivity contribution in [3.63, 3.8) is 0 Å². The summed E-state index contributed by atoms with van der Waals surface area (Å²) in [6.45, 7) is 8.64. The molecular weight excluding hydrogens is 821 g/mol. The van der Waals surface area contributed by atoms with Crippen LogP contribution in [0.15, 0.2) is 218 Å². The van der Waals surface area contributed by atoms with Crippen LogP contribution >= 0.6 is 0 Å². The molecule has 0 unspecified atom stereocenters. The zero-order valence-electron chi connectivity index (χ0n) is 38.7. The SMILES string of the molecule is Cc1ccc(N(c2ccc(C)cc2)c2cc3cccc4c3c(c2)c2cc3cccc5c6cc(N(c7ccc(C)cc7)c7ccc(C)cc7)c(-c7ccccc7)c(-c7ccccc7)c6c(c35)c24)cc1. The molecule has 0 spiro atoms. The topological polar surface area (TPSA) is 6.48 Å². The number of anilines is 6. The van der Waals surface area contributed by atoms with Crippen LogP contribution in [0.2, 0.25) is 0 Å². The van der Waals surface area contributed by atoms with Gasteiger partial charge in [0.1, 0.15) is 0 Å². The third-order valence-corrected chi connectivity index (χ3v) is 14.3. The largest absolute Gasteiger partial charge is 0.310 e. The lowest BCUT2D eigenvalue weighted by Gasteiger charge is -2.30. The first kappa shape index (κ1) is 39.9. The van der Waals surface area contributed by atoms with E-state index in [0.717, 1.165) is 34.1 Å². The standard InChI is InChI=1S/C66H48N2/c1-41-21-29-49(30-22-41)67(50-31-23-42(2)24-32-50)53-37-47-17-12-20-55-60(47)57(39-53)56-38-48-18-11-19-54-58-40-59(68(51-33-25-43(3)26-34-51)52-35-27-44(4)28-36-52)62(45-13-7-5-8-14-45)63(46-15-9-6-10-16-46)65(58)66(61(48)54)64(55)56/h5-40H,1-4H3. The molecule has 2 nitrogen and oxygen atoms in total. The van der Waals surface area contributed by atoms with Crippen molar-refractivity contribution in [2.45, 2.75) is 27.7 Å². The maximum Gasteiger partial charge on any atom is 0.0552 e. The lowest BCUT2D eigenvalue weighted by Crippen LogP contribution is -2.12. The van der Waals surface area contributed by atoms with Crippen molar-refractivity contribution < 1.29 is 0 Å². The van der Waals surface area contributed by atoms with Gasteiger partial charge in [0, 0.05) is 39.6 Å². The lowest BCUT2D eigenvalue weighted by atomic mass is 9.87. The molecule has 0 aliphatic heterocycles. The van der Waals surface area contributed by atoms with E-state index in [9.17, 15) is 0 Å². The van der Waals surface area contributed by atoms with Crippen LogP contribution in [0.1, 0.15) is 22.3 Å². The fourth-order valence-electron chi connectivity index (χ4n) is 11.1. The molecule has 0 N–H and O–H groups in total. The van der Waals surface area contributed by atoms with E-state index in [0.29, 0.717) is 0 Å². The van der Waals surface area contributed by atoms with Crippen LogP contribution in [0.5, 0.6) is 0 Å². The molecule has 0 aromatic heterocycles. The second-order valence-electron chi connectivity index (χ2n) is 18.8. The minimum atomic E-state index is 1.12. The van der Waals surface area contributed by atoms with E-state index >= 15 is 0 Å². The third-order valence-electron chi connectivity index (χ3n) is 14.3. The fraction of sp³-hybridized carbons (Fsp3) is 0.0606. The van der Waals surface area contributed by atoms with Gasteiger partial charge in [-0.3, -0.25) is 0 Å². The Balaban J connectivity index is 1.20. The number of aryl methyl sites for hydroxylation is 4. The monoisotopic (exact) mass is 868 g/mol. The van der Waals surface area contributed by atoms with Crippen LogP contribution in [0.25, 0.3) is 86.9 Å². The van der Waals surface area contributed by atoms with E-state index < -0.39 is 0 Å². The maximum absolute atomic E-state index is 2.51. The summed E-state index contributed by atoms with van der Waals surface area (Å²) in [6.07, 6.45) is 0. The fourth-order valence-corrected chi connectivity index (χ4v) is 11.1. The Morgan fingerprint density at radius 2 is 0.691 bits per heavy atom. The molecule has 0 atom stereocenters. The number of rotatable bonds is 8. The summed E-state index contributed by atoms with van der Waals surface area (Å²) >= 11 is 0. The summed E-state index contributed by atoms with van der Waals surface area (Å²) in [5.41, 5.74) is 16.6. The van der Waals surface area contributed by atoms with Gasteiger partial charge >= 0.3 is 0 Å². The van der Waals surface area contributed by atoms with Crippen LogP contribution in [0, 0.1) is 27.7 Å². The van der Waals surface area contributed by atoms with Gasteiger partial charge in [-0.2, -0.15) is 0 Å². The molecule has 0 amide bonds. The van der Waals surface area contributed by atoms with Gasteiger partial charge in [0.25, 0.3) is 0 Å². The van der Waals surface area contributed by atoms with Crippen molar-refractivity contribution in [3.8, 4) is 22.3 Å². The minimum Gasteiger partial charge on any atom is -0.310 e. The molecule has 322 valence electrons. The Bertz CT molecular complexity index is 3910. The van der Waals surface area contributed by atoms with E-state index in [1.807, 2.05) is 0 Å². The van der Waals surface area contributed by atoms with Crippen LogP contribution < -0.4 is 9.80 Å². The minimum absolute atomic E-state index is 1.12. The molecule has 0 fully saturated rings. The quantitative estimate of drug-likeness (QED) is 0.150. The molecule has 68 heavy (non-hydrogen) atoms. The van der Waals surface area contributed by atoms with Crippen molar-refractivity contribution in [1.29, 1.82) is 0 Å². The summed E-state index contributed by atoms with van der Waals surface area (Å²) in [4.78, 5) is 4.90. The Morgan fingerprint density at radius 1 is 0.250 bits per heavy atom. The van der Waals surface area contributed by atoms with Crippen molar-refractivity contribution in [1.82, 2.24) is 0 Å². The first-order chi connectivity index (χ1) is 33.4. The highest BCUT2D eigenvalue weighted by molar-refractivity contribution is 6.47. The van der Waals surface area contributed by atoms with Gasteiger partial charge in [-0.15, -0.1) is 0 Å². The number of benzene rings is 11. The van der Waals surface area contributed by atoms with Crippen molar-refractivity contribution in [3.05, 3.63) is 241 Å². The number of fused-ring (bicyclic) bond motifs is 7. The van der Waals surface area contributed by atoms with Gasteiger partial charge < -0.3 is 9.80 Å². The van der Waals surface area contributed by atoms with Crippen LogP contribution in [-0.2, 0) is 0 Å². The molecule has 0 saturated heterocycles. The summed E-state index contributed by atoms with van der Waals surface area (Å²) in [5.74, 6) is 0. The first-order valence-electron chi connectivity index (χ1n) is 23.7. The molecule has 13 aromatic rings. The Hall–Kier alpha value is -8.46. The predicted molar refractivity (Wildman–Crippen MR) is 293 cm³/mol. The zero-order chi connectivity index (χ0) is 45.6. The molecule has 13 rings (SSSR count). The average Bonchev–Trinajstić information content (AvgIpc) is 3.87. The molecule has 0 aliphatic carbocycles. The highest BCUT2D eigenvalue weighted by Gasteiger charge is 2.29. The van der Waals surface area contributed by atoms with Crippen LogP contribution in [0.4, 0.5) is 34.1 Å². The highest BCUT2D eigenvalue weighted by atomic mass is 15.1. The van der Waals surface area contributed by atoms with E-state index in [1.165, 1.54) is 109 Å². The summed E-state index contributed by atoms with van der Waals surface area (Å²) in [7, 11) is 0. The molecule has 13 aromatic carbocycles. The van der Waals surface area contributed by atoms with Crippen LogP contribution in [-0.4, -0.2) is 0 Å². The second-order valence-corrected chi connectivity index (χ2v) is 18.8. The van der Waals surface area contributed by atoms with Gasteiger partial charge in [0.15, 0.2) is 0 Å². The van der Waals surface area contributed by atoms with Gasteiger partial charge in [0.05, 0.1) is 5.69 Å². The lowest BCUT2D eigenvalue weighted by molar-refractivity contribution is 1.27. The molecule has 0 saturated carbocycles. The van der Waals surface area contributed by atoms with Crippen molar-refractivity contribution in [2.75, 3.05) is 9.80 Å². The van der Waals surface area contributed by atoms with Gasteiger partial charge in [0.2, 0.25) is 0 Å². The molecular formula is C66H48N2. The van der Waals surface area contributed by atoms with E-state index in [4.69, 9.17) is 0 Å². The average molecular weight is 869 g/mol. The molecule has 0 bridgehead atoms. The number of hydrogen-bond donors (Lipinski definition) is 0. The van der Waals surface area contributed by atoms with E-state index in [-0.39, 0.29) is 0 Å². The smallest absolute Gasteiger partial charge is 0.0552 e. The third kappa shape index (κ3) is 6.25. The highest BCUT2D eigenvalue weighted by Crippen LogP contribution is 2.56. The normalized spacial score (nSPS) is 11.8. The Labute approximate surface area is 397 Å². The van der Waals surface area contributed by atoms with Gasteiger partial charge in [-0.1, -0.05) is 168 Å². The second kappa shape index (κ2) is 15.6. The van der Waals surface area contributed by atoms with Crippen molar-refractivity contribution in [2.24, 2.45) is 0 Å². The van der Waals surface area contributed by atoms with E-state index in [1.54, 1.807) is 0 Å². The molecule has 2 heteroatoms. The zero-order valence-corrected chi connectivity index (χ0v) is 38.7. The first-order valence-corrected chi connectivity index (χ1v) is 23.7. The van der Waals surface area contributed by atoms with Crippen molar-refractivity contribution >= 4 is 98.8 Å². The Kier molecular flexibility index (Phi) is 9.13. The molecule has 0 radical (unpaired) electrons. The molecule has 0 heterocycles. The van der Waals surface area contributed by atoms with Gasteiger partial charge in [-0.05, 0) is 176 Å². The maximum atomic E-state index is 2.51. The predicted octanol–water partition coefficient (Wildman–Crippen LogP) is 19.0. The number of nitrogens with zero attached hydrogens (tertiary/aromatic N) is 2. The number of hydrogen-bond acceptors (Lipinski definition) is 2. The van der Waals surface area contributed by atoms with Crippen LogP contribution in [0.3, 0.4) is 0 Å². The summed E-state index contributed by atoms with van der Waals surface area (Å²) in [6, 6.07) is 81.8. The summed E-state index contributed by atoms with van der Waals surface area (Å²) in [5, 5.41) is 15.4. The summed E-state index contributed by atoms with van der Waals surface area (Å²) < 4.78 is 0. The van der Waals surface area contributed by atoms with E-state index in [2.05, 4.69) is 256 Å².